The van der Waals surface area contributed by atoms with Gasteiger partial charge in [-0.15, -0.1) is 0 Å². The highest BCUT2D eigenvalue weighted by atomic mass is 15.3. The predicted molar refractivity (Wildman–Crippen MR) is 60.9 cm³/mol. The molecule has 1 heterocycles. The van der Waals surface area contributed by atoms with E-state index in [2.05, 4.69) is 20.7 Å². The van der Waals surface area contributed by atoms with Crippen LogP contribution in [-0.2, 0) is 0 Å². The molecule has 0 aliphatic carbocycles. The van der Waals surface area contributed by atoms with Gasteiger partial charge in [0.1, 0.15) is 0 Å². The zero-order valence-corrected chi connectivity index (χ0v) is 8.44. The van der Waals surface area contributed by atoms with Crippen molar-refractivity contribution >= 4 is 11.4 Å². The molecule has 2 N–H and O–H groups in total. The Balaban J connectivity index is 2.06. The van der Waals surface area contributed by atoms with Gasteiger partial charge in [-0.2, -0.15) is 10.2 Å². The molecule has 15 heavy (non-hydrogen) atoms. The van der Waals surface area contributed by atoms with Crippen LogP contribution in [0.25, 0.3) is 0 Å². The lowest BCUT2D eigenvalue weighted by Crippen LogP contribution is -1.99. The highest BCUT2D eigenvalue weighted by molar-refractivity contribution is 5.97. The van der Waals surface area contributed by atoms with E-state index in [1.165, 1.54) is 0 Å². The third-order valence-electron chi connectivity index (χ3n) is 2.02. The van der Waals surface area contributed by atoms with Crippen LogP contribution in [0.1, 0.15) is 12.6 Å². The van der Waals surface area contributed by atoms with Crippen molar-refractivity contribution in [3.8, 4) is 0 Å². The number of nitrogens with zero attached hydrogens (tertiary/aromatic N) is 2. The number of hydrazone groups is 1. The summed E-state index contributed by atoms with van der Waals surface area (Å²) >= 11 is 0. The summed E-state index contributed by atoms with van der Waals surface area (Å²) in [6.07, 6.45) is 1.71. The van der Waals surface area contributed by atoms with Gasteiger partial charge < -0.3 is 0 Å². The van der Waals surface area contributed by atoms with Crippen LogP contribution in [0.15, 0.2) is 47.7 Å². The quantitative estimate of drug-likeness (QED) is 0.589. The van der Waals surface area contributed by atoms with Crippen LogP contribution >= 0.6 is 0 Å². The minimum Gasteiger partial charge on any atom is -0.278 e. The number of H-pyrrole nitrogens is 1. The van der Waals surface area contributed by atoms with Gasteiger partial charge >= 0.3 is 0 Å². The van der Waals surface area contributed by atoms with Gasteiger partial charge in [0.15, 0.2) is 0 Å². The molecule has 4 nitrogen and oxygen atoms in total. The summed E-state index contributed by atoms with van der Waals surface area (Å²) in [5.41, 5.74) is 5.73. The van der Waals surface area contributed by atoms with Gasteiger partial charge in [-0.1, -0.05) is 18.2 Å². The number of para-hydroxylation sites is 1. The van der Waals surface area contributed by atoms with Gasteiger partial charge in [0.2, 0.25) is 0 Å². The van der Waals surface area contributed by atoms with E-state index < -0.39 is 0 Å². The first kappa shape index (κ1) is 9.45. The normalized spacial score (nSPS) is 11.4. The molecular formula is C11H12N4. The van der Waals surface area contributed by atoms with Crippen LogP contribution in [0.5, 0.6) is 0 Å². The maximum Gasteiger partial charge on any atom is 0.0826 e. The van der Waals surface area contributed by atoms with Gasteiger partial charge in [-0.05, 0) is 25.1 Å². The number of aromatic nitrogens is 2. The minimum atomic E-state index is 0.872. The first-order valence-electron chi connectivity index (χ1n) is 4.71. The van der Waals surface area contributed by atoms with Gasteiger partial charge in [0.25, 0.3) is 0 Å². The second-order valence-electron chi connectivity index (χ2n) is 3.15. The second kappa shape index (κ2) is 4.41. The molecule has 0 amide bonds. The molecule has 0 aliphatic heterocycles. The van der Waals surface area contributed by atoms with E-state index in [1.54, 1.807) is 6.20 Å². The van der Waals surface area contributed by atoms with E-state index in [0.29, 0.717) is 0 Å². The van der Waals surface area contributed by atoms with Gasteiger partial charge in [-0.3, -0.25) is 10.5 Å². The van der Waals surface area contributed by atoms with Crippen molar-refractivity contribution in [1.29, 1.82) is 0 Å². The molecule has 4 heteroatoms. The van der Waals surface area contributed by atoms with Crippen molar-refractivity contribution in [2.45, 2.75) is 6.92 Å². The second-order valence-corrected chi connectivity index (χ2v) is 3.15. The van der Waals surface area contributed by atoms with E-state index in [4.69, 9.17) is 0 Å². The third kappa shape index (κ3) is 2.43. The number of hydrogen-bond donors (Lipinski definition) is 2. The molecule has 0 bridgehead atoms. The molecule has 0 aliphatic rings. The van der Waals surface area contributed by atoms with Crippen LogP contribution in [-0.4, -0.2) is 15.9 Å². The maximum atomic E-state index is 4.23. The first-order chi connectivity index (χ1) is 7.36. The summed E-state index contributed by atoms with van der Waals surface area (Å²) in [6, 6.07) is 11.7. The molecule has 2 aromatic rings. The highest BCUT2D eigenvalue weighted by Crippen LogP contribution is 2.05. The zero-order chi connectivity index (χ0) is 10.5. The summed E-state index contributed by atoms with van der Waals surface area (Å²) in [5.74, 6) is 0. The Morgan fingerprint density at radius 1 is 1.27 bits per heavy atom. The molecule has 0 saturated heterocycles. The Morgan fingerprint density at radius 3 is 2.73 bits per heavy atom. The molecule has 1 aromatic heterocycles. The molecule has 76 valence electrons. The molecular weight excluding hydrogens is 188 g/mol. The summed E-state index contributed by atoms with van der Waals surface area (Å²) < 4.78 is 0. The molecule has 1 aromatic carbocycles. The van der Waals surface area contributed by atoms with Crippen molar-refractivity contribution in [2.24, 2.45) is 5.10 Å². The average molecular weight is 200 g/mol. The van der Waals surface area contributed by atoms with Crippen molar-refractivity contribution in [3.05, 3.63) is 48.3 Å². The molecule has 0 atom stereocenters. The molecule has 0 saturated carbocycles. The zero-order valence-electron chi connectivity index (χ0n) is 8.44. The molecule has 0 radical (unpaired) electrons. The predicted octanol–water partition coefficient (Wildman–Crippen LogP) is 2.25. The maximum absolute atomic E-state index is 4.23. The van der Waals surface area contributed by atoms with Gasteiger partial charge in [0, 0.05) is 6.20 Å². The van der Waals surface area contributed by atoms with E-state index in [1.807, 2.05) is 43.3 Å². The highest BCUT2D eigenvalue weighted by Gasteiger charge is 1.96. The van der Waals surface area contributed by atoms with E-state index in [-0.39, 0.29) is 0 Å². The Bertz CT molecular complexity index is 431. The van der Waals surface area contributed by atoms with Crippen LogP contribution in [0.4, 0.5) is 5.69 Å². The monoisotopic (exact) mass is 200 g/mol. The van der Waals surface area contributed by atoms with E-state index in [0.717, 1.165) is 17.1 Å². The summed E-state index contributed by atoms with van der Waals surface area (Å²) in [4.78, 5) is 0. The smallest absolute Gasteiger partial charge is 0.0826 e. The molecule has 2 rings (SSSR count). The topological polar surface area (TPSA) is 53.1 Å². The van der Waals surface area contributed by atoms with E-state index in [9.17, 15) is 0 Å². The van der Waals surface area contributed by atoms with Crippen LogP contribution in [0.3, 0.4) is 0 Å². The number of nitrogens with one attached hydrogen (secondary N) is 2. The van der Waals surface area contributed by atoms with Gasteiger partial charge in [-0.25, -0.2) is 0 Å². The van der Waals surface area contributed by atoms with E-state index >= 15 is 0 Å². The Morgan fingerprint density at radius 2 is 2.07 bits per heavy atom. The Kier molecular flexibility index (Phi) is 2.78. The van der Waals surface area contributed by atoms with Crippen molar-refractivity contribution in [3.63, 3.8) is 0 Å². The summed E-state index contributed by atoms with van der Waals surface area (Å²) in [6.45, 7) is 1.92. The number of anilines is 1. The lowest BCUT2D eigenvalue weighted by Gasteiger charge is -2.00. The minimum absolute atomic E-state index is 0.872. The first-order valence-corrected chi connectivity index (χ1v) is 4.71. The lowest BCUT2D eigenvalue weighted by atomic mass is 10.3. The lowest BCUT2D eigenvalue weighted by molar-refractivity contribution is 1.08. The van der Waals surface area contributed by atoms with Crippen LogP contribution < -0.4 is 5.43 Å². The number of hydrogen-bond acceptors (Lipinski definition) is 3. The number of benzene rings is 1. The summed E-state index contributed by atoms with van der Waals surface area (Å²) in [7, 11) is 0. The van der Waals surface area contributed by atoms with Crippen molar-refractivity contribution in [1.82, 2.24) is 10.2 Å². The fourth-order valence-corrected chi connectivity index (χ4v) is 1.18. The van der Waals surface area contributed by atoms with Crippen LogP contribution in [0.2, 0.25) is 0 Å². The fourth-order valence-electron chi connectivity index (χ4n) is 1.18. The standard InChI is InChI=1S/C11H12N4/c1-9(11-7-8-12-15-11)13-14-10-5-3-2-4-6-10/h2-8,14H,1H3,(H,12,15)/b13-9-. The molecule has 0 fully saturated rings. The molecule has 0 spiro atoms. The largest absolute Gasteiger partial charge is 0.278 e. The average Bonchev–Trinajstić information content (AvgIpc) is 2.81. The summed E-state index contributed by atoms with van der Waals surface area (Å²) in [5, 5.41) is 10.9. The molecule has 0 unspecified atom stereocenters. The number of rotatable bonds is 3. The third-order valence-corrected chi connectivity index (χ3v) is 2.02. The Hall–Kier alpha value is -2.10. The Labute approximate surface area is 88.0 Å². The SMILES string of the molecule is C/C(=N/Nc1ccccc1)c1ccn[nH]1. The van der Waals surface area contributed by atoms with Crippen molar-refractivity contribution < 1.29 is 0 Å². The van der Waals surface area contributed by atoms with Gasteiger partial charge in [0.05, 0.1) is 17.1 Å². The van der Waals surface area contributed by atoms with Crippen LogP contribution in [0, 0.1) is 0 Å². The van der Waals surface area contributed by atoms with Crippen molar-refractivity contribution in [2.75, 3.05) is 5.43 Å². The fraction of sp³-hybridized carbons (Fsp3) is 0.0909. The number of aromatic amines is 1.